The molecule has 0 aromatic heterocycles. The van der Waals surface area contributed by atoms with Crippen LogP contribution in [-0.2, 0) is 14.3 Å². The first-order valence-corrected chi connectivity index (χ1v) is 3.91. The van der Waals surface area contributed by atoms with Crippen molar-refractivity contribution in [2.24, 2.45) is 5.41 Å². The van der Waals surface area contributed by atoms with Gasteiger partial charge in [0.25, 0.3) is 0 Å². The maximum Gasteiger partial charge on any atom is 0.332 e. The molecule has 70 valence electrons. The van der Waals surface area contributed by atoms with Gasteiger partial charge in [0.15, 0.2) is 6.10 Å². The number of carboxylic acid groups (broad SMARTS) is 1. The third-order valence-electron chi connectivity index (χ3n) is 2.14. The van der Waals surface area contributed by atoms with Crippen molar-refractivity contribution in [2.75, 3.05) is 20.3 Å². The summed E-state index contributed by atoms with van der Waals surface area (Å²) < 4.78 is 9.84. The highest BCUT2D eigenvalue weighted by Crippen LogP contribution is 2.32. The summed E-state index contributed by atoms with van der Waals surface area (Å²) in [6.45, 7) is 3.28. The minimum Gasteiger partial charge on any atom is -0.479 e. The lowest BCUT2D eigenvalue weighted by Gasteiger charge is -2.39. The Hall–Kier alpha value is -0.610. The molecule has 1 N–H and O–H groups in total. The molecule has 0 aromatic rings. The quantitative estimate of drug-likeness (QED) is 0.674. The van der Waals surface area contributed by atoms with Crippen molar-refractivity contribution in [1.29, 1.82) is 0 Å². The summed E-state index contributed by atoms with van der Waals surface area (Å²) in [6, 6.07) is 0. The first-order chi connectivity index (χ1) is 5.57. The average molecular weight is 174 g/mol. The van der Waals surface area contributed by atoms with E-state index in [1.165, 1.54) is 7.11 Å². The second kappa shape index (κ2) is 3.41. The van der Waals surface area contributed by atoms with Gasteiger partial charge in [0.05, 0.1) is 13.2 Å². The zero-order valence-corrected chi connectivity index (χ0v) is 7.37. The molecule has 1 rings (SSSR count). The summed E-state index contributed by atoms with van der Waals surface area (Å²) in [5.74, 6) is -0.898. The number of carboxylic acids is 1. The Kier molecular flexibility index (Phi) is 2.69. The Morgan fingerprint density at radius 2 is 2.33 bits per heavy atom. The van der Waals surface area contributed by atoms with Gasteiger partial charge in [-0.05, 0) is 6.42 Å². The summed E-state index contributed by atoms with van der Waals surface area (Å²) >= 11 is 0. The van der Waals surface area contributed by atoms with Crippen LogP contribution in [-0.4, -0.2) is 37.5 Å². The van der Waals surface area contributed by atoms with Gasteiger partial charge in [0.1, 0.15) is 0 Å². The van der Waals surface area contributed by atoms with Crippen LogP contribution < -0.4 is 0 Å². The van der Waals surface area contributed by atoms with E-state index in [0.717, 1.165) is 0 Å². The lowest BCUT2D eigenvalue weighted by molar-refractivity contribution is -0.160. The van der Waals surface area contributed by atoms with Crippen molar-refractivity contribution >= 4 is 5.97 Å². The largest absolute Gasteiger partial charge is 0.479 e. The third kappa shape index (κ3) is 1.95. The van der Waals surface area contributed by atoms with E-state index in [0.29, 0.717) is 19.6 Å². The van der Waals surface area contributed by atoms with Gasteiger partial charge in [-0.3, -0.25) is 0 Å². The molecule has 1 aliphatic heterocycles. The van der Waals surface area contributed by atoms with Crippen molar-refractivity contribution < 1.29 is 19.4 Å². The Labute approximate surface area is 71.5 Å². The van der Waals surface area contributed by atoms with Crippen molar-refractivity contribution in [3.63, 3.8) is 0 Å². The summed E-state index contributed by atoms with van der Waals surface area (Å²) in [5.41, 5.74) is -0.000926. The van der Waals surface area contributed by atoms with Crippen LogP contribution in [0.3, 0.4) is 0 Å². The molecule has 4 heteroatoms. The number of hydrogen-bond acceptors (Lipinski definition) is 3. The highest BCUT2D eigenvalue weighted by Gasteiger charge is 2.37. The van der Waals surface area contributed by atoms with E-state index in [1.807, 2.05) is 6.92 Å². The second-order valence-corrected chi connectivity index (χ2v) is 3.57. The molecule has 1 unspecified atom stereocenters. The molecule has 0 aliphatic carbocycles. The number of methoxy groups -OCH3 is 1. The van der Waals surface area contributed by atoms with Crippen molar-refractivity contribution in [3.8, 4) is 0 Å². The molecule has 1 aliphatic rings. The molecule has 12 heavy (non-hydrogen) atoms. The van der Waals surface area contributed by atoms with E-state index in [4.69, 9.17) is 14.6 Å². The Balaban J connectivity index is 2.41. The van der Waals surface area contributed by atoms with Gasteiger partial charge in [-0.25, -0.2) is 4.79 Å². The molecule has 4 nitrogen and oxygen atoms in total. The lowest BCUT2D eigenvalue weighted by atomic mass is 9.82. The van der Waals surface area contributed by atoms with Gasteiger partial charge < -0.3 is 14.6 Å². The number of carbonyl (C=O) groups is 1. The molecule has 0 spiro atoms. The first kappa shape index (κ1) is 9.48. The van der Waals surface area contributed by atoms with E-state index in [2.05, 4.69) is 0 Å². The topological polar surface area (TPSA) is 55.8 Å². The van der Waals surface area contributed by atoms with Gasteiger partial charge in [0.2, 0.25) is 0 Å². The minimum absolute atomic E-state index is 0.000926. The van der Waals surface area contributed by atoms with Crippen LogP contribution in [0.5, 0.6) is 0 Å². The molecule has 0 amide bonds. The molecule has 0 saturated carbocycles. The van der Waals surface area contributed by atoms with Gasteiger partial charge >= 0.3 is 5.97 Å². The first-order valence-electron chi connectivity index (χ1n) is 3.91. The van der Waals surface area contributed by atoms with E-state index in [1.54, 1.807) is 0 Å². The normalized spacial score (nSPS) is 22.8. The fourth-order valence-electron chi connectivity index (χ4n) is 1.29. The van der Waals surface area contributed by atoms with Crippen LogP contribution in [0.1, 0.15) is 13.3 Å². The average Bonchev–Trinajstić information content (AvgIpc) is 1.96. The minimum atomic E-state index is -0.898. The van der Waals surface area contributed by atoms with Crippen LogP contribution in [0.4, 0.5) is 0 Å². The number of hydrogen-bond donors (Lipinski definition) is 1. The fourth-order valence-corrected chi connectivity index (χ4v) is 1.29. The van der Waals surface area contributed by atoms with E-state index in [9.17, 15) is 4.79 Å². The lowest BCUT2D eigenvalue weighted by Crippen LogP contribution is -2.44. The SMILES string of the molecule is COC(CC1(C)COC1)C(=O)O. The number of aliphatic carboxylic acids is 1. The molecular weight excluding hydrogens is 160 g/mol. The summed E-state index contributed by atoms with van der Waals surface area (Å²) in [4.78, 5) is 10.6. The molecular formula is C8H14O4. The zero-order chi connectivity index (χ0) is 9.19. The molecule has 0 radical (unpaired) electrons. The molecule has 0 bridgehead atoms. The maximum absolute atomic E-state index is 10.6. The van der Waals surface area contributed by atoms with Crippen LogP contribution in [0.2, 0.25) is 0 Å². The van der Waals surface area contributed by atoms with Gasteiger partial charge in [-0.1, -0.05) is 6.92 Å². The highest BCUT2D eigenvalue weighted by atomic mass is 16.5. The zero-order valence-electron chi connectivity index (χ0n) is 7.37. The van der Waals surface area contributed by atoms with E-state index < -0.39 is 12.1 Å². The second-order valence-electron chi connectivity index (χ2n) is 3.57. The predicted molar refractivity (Wildman–Crippen MR) is 42.0 cm³/mol. The summed E-state index contributed by atoms with van der Waals surface area (Å²) in [7, 11) is 1.42. The van der Waals surface area contributed by atoms with E-state index >= 15 is 0 Å². The molecule has 1 fully saturated rings. The third-order valence-corrected chi connectivity index (χ3v) is 2.14. The van der Waals surface area contributed by atoms with Crippen LogP contribution in [0.15, 0.2) is 0 Å². The van der Waals surface area contributed by atoms with Gasteiger partial charge in [0, 0.05) is 12.5 Å². The fraction of sp³-hybridized carbons (Fsp3) is 0.875. The Bertz CT molecular complexity index is 174. The van der Waals surface area contributed by atoms with Crippen LogP contribution in [0.25, 0.3) is 0 Å². The summed E-state index contributed by atoms with van der Waals surface area (Å²) in [6.07, 6.45) is -0.169. The van der Waals surface area contributed by atoms with Crippen LogP contribution in [0, 0.1) is 5.41 Å². The van der Waals surface area contributed by atoms with Crippen molar-refractivity contribution in [3.05, 3.63) is 0 Å². The molecule has 1 heterocycles. The number of ether oxygens (including phenoxy) is 2. The smallest absolute Gasteiger partial charge is 0.332 e. The van der Waals surface area contributed by atoms with Crippen molar-refractivity contribution in [2.45, 2.75) is 19.4 Å². The van der Waals surface area contributed by atoms with Gasteiger partial charge in [-0.2, -0.15) is 0 Å². The molecule has 0 aromatic carbocycles. The number of rotatable bonds is 4. The molecule has 1 saturated heterocycles. The Morgan fingerprint density at radius 3 is 2.58 bits per heavy atom. The molecule has 1 atom stereocenters. The standard InChI is InChI=1S/C8H14O4/c1-8(4-12-5-8)3-6(11-2)7(9)10/h6H,3-5H2,1-2H3,(H,9,10). The van der Waals surface area contributed by atoms with Crippen molar-refractivity contribution in [1.82, 2.24) is 0 Å². The van der Waals surface area contributed by atoms with E-state index in [-0.39, 0.29) is 5.41 Å². The highest BCUT2D eigenvalue weighted by molar-refractivity contribution is 5.72. The predicted octanol–water partition coefficient (Wildman–Crippen LogP) is 0.513. The van der Waals surface area contributed by atoms with Gasteiger partial charge in [-0.15, -0.1) is 0 Å². The van der Waals surface area contributed by atoms with Crippen LogP contribution >= 0.6 is 0 Å². The maximum atomic E-state index is 10.6. The monoisotopic (exact) mass is 174 g/mol. The Morgan fingerprint density at radius 1 is 1.75 bits per heavy atom. The summed E-state index contributed by atoms with van der Waals surface area (Å²) in [5, 5.41) is 8.69.